The van der Waals surface area contributed by atoms with Crippen molar-refractivity contribution in [2.24, 2.45) is 0 Å². The van der Waals surface area contributed by atoms with Gasteiger partial charge in [-0.25, -0.2) is 0 Å². The van der Waals surface area contributed by atoms with E-state index in [1.807, 2.05) is 6.92 Å². The summed E-state index contributed by atoms with van der Waals surface area (Å²) in [5.74, 6) is -0.954. The summed E-state index contributed by atoms with van der Waals surface area (Å²) in [6.45, 7) is 4.07. The fraction of sp³-hybridized carbons (Fsp3) is 0.333. The molecule has 0 bridgehead atoms. The molecule has 1 N–H and O–H groups in total. The number of nitrogens with one attached hydrogen (secondary N) is 1. The lowest BCUT2D eigenvalue weighted by Gasteiger charge is -2.08. The molecule has 0 spiro atoms. The zero-order chi connectivity index (χ0) is 13.7. The highest BCUT2D eigenvalue weighted by molar-refractivity contribution is 6.16. The van der Waals surface area contributed by atoms with Crippen LogP contribution in [0.1, 0.15) is 20.3 Å². The van der Waals surface area contributed by atoms with Gasteiger partial charge in [0.05, 0.1) is 0 Å². The molecule has 2 aliphatic heterocycles. The van der Waals surface area contributed by atoms with Gasteiger partial charge in [-0.15, -0.1) is 0 Å². The van der Waals surface area contributed by atoms with Crippen LogP contribution >= 0.6 is 0 Å². The van der Waals surface area contributed by atoms with E-state index in [4.69, 9.17) is 0 Å². The van der Waals surface area contributed by atoms with E-state index in [-0.39, 0.29) is 23.6 Å². The molecule has 0 unspecified atom stereocenters. The molecule has 4 amide bonds. The average Bonchev–Trinajstić information content (AvgIpc) is 2.82. The first-order valence-electron chi connectivity index (χ1n) is 5.59. The van der Waals surface area contributed by atoms with Crippen molar-refractivity contribution in [3.05, 3.63) is 23.8 Å². The summed E-state index contributed by atoms with van der Waals surface area (Å²) >= 11 is 0. The van der Waals surface area contributed by atoms with Crippen LogP contribution in [-0.2, 0) is 19.2 Å². The molecule has 0 aromatic rings. The van der Waals surface area contributed by atoms with Gasteiger partial charge in [0.25, 0.3) is 23.6 Å². The second-order valence-electron chi connectivity index (χ2n) is 3.60. The number of likely N-dealkylation sites (N-methyl/N-ethyl adjacent to an activating group) is 1. The van der Waals surface area contributed by atoms with Crippen molar-refractivity contribution in [3.8, 4) is 0 Å². The van der Waals surface area contributed by atoms with Gasteiger partial charge in [0.2, 0.25) is 0 Å². The van der Waals surface area contributed by atoms with E-state index >= 15 is 0 Å². The number of amides is 4. The highest BCUT2D eigenvalue weighted by Gasteiger charge is 2.20. The van der Waals surface area contributed by atoms with Crippen molar-refractivity contribution in [1.29, 1.82) is 0 Å². The summed E-state index contributed by atoms with van der Waals surface area (Å²) in [6.07, 6.45) is 4.53. The molecule has 0 aliphatic carbocycles. The molecule has 6 heteroatoms. The van der Waals surface area contributed by atoms with Crippen molar-refractivity contribution in [3.63, 3.8) is 0 Å². The minimum Gasteiger partial charge on any atom is -0.289 e. The predicted molar refractivity (Wildman–Crippen MR) is 63.1 cm³/mol. The standard InChI is InChI=1S/2C6H7NO2/c1-2-7-5(8)3-4-6(7)9;1-2-4-3-5(8)7-6(4)9/h3-4H,2H2,1H3;3H,2H2,1H3,(H,7,8,9). The maximum Gasteiger partial charge on any atom is 0.254 e. The number of carbonyl (C=O) groups is 4. The molecular formula is C12H14N2O4. The third-order valence-corrected chi connectivity index (χ3v) is 2.43. The van der Waals surface area contributed by atoms with Gasteiger partial charge < -0.3 is 0 Å². The maximum absolute atomic E-state index is 10.6. The topological polar surface area (TPSA) is 83.6 Å². The van der Waals surface area contributed by atoms with Gasteiger partial charge >= 0.3 is 0 Å². The van der Waals surface area contributed by atoms with Gasteiger partial charge in [0.1, 0.15) is 0 Å². The second-order valence-corrected chi connectivity index (χ2v) is 3.60. The molecule has 2 rings (SSSR count). The smallest absolute Gasteiger partial charge is 0.254 e. The summed E-state index contributed by atoms with van der Waals surface area (Å²) in [5.41, 5.74) is 0.569. The number of rotatable bonds is 2. The molecule has 0 fully saturated rings. The first-order chi connectivity index (χ1) is 8.49. The van der Waals surface area contributed by atoms with Crippen molar-refractivity contribution in [2.75, 3.05) is 6.54 Å². The number of carbonyl (C=O) groups excluding carboxylic acids is 4. The SMILES string of the molecule is CCC1=CC(=O)NC1=O.CCN1C(=O)C=CC1=O. The Bertz CT molecular complexity index is 442. The summed E-state index contributed by atoms with van der Waals surface area (Å²) < 4.78 is 0. The van der Waals surface area contributed by atoms with Crippen LogP contribution in [0.3, 0.4) is 0 Å². The van der Waals surface area contributed by atoms with Crippen LogP contribution in [0.2, 0.25) is 0 Å². The summed E-state index contributed by atoms with van der Waals surface area (Å²) in [5, 5.41) is 2.15. The lowest BCUT2D eigenvalue weighted by atomic mass is 10.2. The Kier molecular flexibility index (Phi) is 4.53. The molecule has 0 atom stereocenters. The summed E-state index contributed by atoms with van der Waals surface area (Å²) in [4.78, 5) is 43.5. The third kappa shape index (κ3) is 3.13. The Balaban J connectivity index is 0.000000180. The molecule has 2 heterocycles. The lowest BCUT2D eigenvalue weighted by molar-refractivity contribution is -0.136. The minimum absolute atomic E-state index is 0.206. The Hall–Kier alpha value is -2.24. The van der Waals surface area contributed by atoms with Crippen LogP contribution < -0.4 is 5.32 Å². The van der Waals surface area contributed by atoms with Crippen LogP contribution in [0.15, 0.2) is 23.8 Å². The van der Waals surface area contributed by atoms with Gasteiger partial charge in [0.15, 0.2) is 0 Å². The van der Waals surface area contributed by atoms with E-state index in [2.05, 4.69) is 5.32 Å². The van der Waals surface area contributed by atoms with Crippen LogP contribution in [0.5, 0.6) is 0 Å². The third-order valence-electron chi connectivity index (χ3n) is 2.43. The van der Waals surface area contributed by atoms with E-state index in [1.165, 1.54) is 23.1 Å². The number of hydrogen-bond donors (Lipinski definition) is 1. The van der Waals surface area contributed by atoms with Gasteiger partial charge in [-0.2, -0.15) is 0 Å². The Morgan fingerprint density at radius 1 is 1.06 bits per heavy atom. The molecule has 96 valence electrons. The Labute approximate surface area is 104 Å². The minimum atomic E-state index is -0.295. The summed E-state index contributed by atoms with van der Waals surface area (Å²) in [6, 6.07) is 0. The van der Waals surface area contributed by atoms with Gasteiger partial charge in [-0.1, -0.05) is 6.92 Å². The first kappa shape index (κ1) is 13.8. The van der Waals surface area contributed by atoms with Gasteiger partial charge in [0, 0.05) is 30.3 Å². The summed E-state index contributed by atoms with van der Waals surface area (Å²) in [7, 11) is 0. The number of imide groups is 2. The van der Waals surface area contributed by atoms with Gasteiger partial charge in [-0.3, -0.25) is 29.4 Å². The molecular weight excluding hydrogens is 236 g/mol. The average molecular weight is 250 g/mol. The number of nitrogens with zero attached hydrogens (tertiary/aromatic N) is 1. The van der Waals surface area contributed by atoms with E-state index in [1.54, 1.807) is 6.92 Å². The van der Waals surface area contributed by atoms with Gasteiger partial charge in [-0.05, 0) is 13.3 Å². The van der Waals surface area contributed by atoms with Crippen molar-refractivity contribution in [2.45, 2.75) is 20.3 Å². The van der Waals surface area contributed by atoms with E-state index in [0.29, 0.717) is 18.5 Å². The van der Waals surface area contributed by atoms with Crippen molar-refractivity contribution >= 4 is 23.6 Å². The second kappa shape index (κ2) is 5.90. The zero-order valence-corrected chi connectivity index (χ0v) is 10.2. The maximum atomic E-state index is 10.6. The molecule has 0 radical (unpaired) electrons. The van der Waals surface area contributed by atoms with Crippen LogP contribution in [0, 0.1) is 0 Å². The van der Waals surface area contributed by atoms with Crippen LogP contribution in [0.25, 0.3) is 0 Å². The van der Waals surface area contributed by atoms with Crippen molar-refractivity contribution in [1.82, 2.24) is 10.2 Å². The van der Waals surface area contributed by atoms with E-state index in [0.717, 1.165) is 0 Å². The van der Waals surface area contributed by atoms with E-state index < -0.39 is 0 Å². The van der Waals surface area contributed by atoms with Crippen molar-refractivity contribution < 1.29 is 19.2 Å². The van der Waals surface area contributed by atoms with Crippen LogP contribution in [0.4, 0.5) is 0 Å². The number of hydrogen-bond acceptors (Lipinski definition) is 4. The fourth-order valence-electron chi connectivity index (χ4n) is 1.46. The predicted octanol–water partition coefficient (Wildman–Crippen LogP) is -0.0895. The highest BCUT2D eigenvalue weighted by Crippen LogP contribution is 2.04. The monoisotopic (exact) mass is 250 g/mol. The molecule has 0 saturated carbocycles. The quantitative estimate of drug-likeness (QED) is 0.694. The molecule has 0 aromatic carbocycles. The normalized spacial score (nSPS) is 17.7. The van der Waals surface area contributed by atoms with E-state index in [9.17, 15) is 19.2 Å². The molecule has 18 heavy (non-hydrogen) atoms. The fourth-order valence-corrected chi connectivity index (χ4v) is 1.46. The Morgan fingerprint density at radius 3 is 1.83 bits per heavy atom. The van der Waals surface area contributed by atoms with Crippen LogP contribution in [-0.4, -0.2) is 35.1 Å². The largest absolute Gasteiger partial charge is 0.289 e. The molecule has 0 saturated heterocycles. The lowest BCUT2D eigenvalue weighted by Crippen LogP contribution is -2.29. The Morgan fingerprint density at radius 2 is 1.61 bits per heavy atom. The molecule has 6 nitrogen and oxygen atoms in total. The molecule has 0 aromatic heterocycles. The zero-order valence-electron chi connectivity index (χ0n) is 10.2. The molecule has 2 aliphatic rings. The highest BCUT2D eigenvalue weighted by atomic mass is 16.2. The first-order valence-corrected chi connectivity index (χ1v) is 5.59.